The number of benzene rings is 1. The third-order valence-corrected chi connectivity index (χ3v) is 2.08. The van der Waals surface area contributed by atoms with Gasteiger partial charge in [-0.05, 0) is 25.0 Å². The summed E-state index contributed by atoms with van der Waals surface area (Å²) in [6.07, 6.45) is 0.491. The molecule has 0 atom stereocenters. The number of halogens is 1. The quantitative estimate of drug-likeness (QED) is 0.761. The fourth-order valence-electron chi connectivity index (χ4n) is 1.21. The first-order chi connectivity index (χ1) is 6.04. The Balaban J connectivity index is 2.81. The van der Waals surface area contributed by atoms with Gasteiger partial charge < -0.3 is 5.73 Å². The molecule has 1 aromatic carbocycles. The van der Waals surface area contributed by atoms with Crippen LogP contribution in [0.4, 0.5) is 4.39 Å². The van der Waals surface area contributed by atoms with E-state index in [1.165, 1.54) is 0 Å². The van der Waals surface area contributed by atoms with Gasteiger partial charge in [-0.1, -0.05) is 24.3 Å². The van der Waals surface area contributed by atoms with Crippen molar-refractivity contribution in [1.29, 1.82) is 0 Å². The fraction of sp³-hybridized carbons (Fsp3) is 0.455. The Bertz CT molecular complexity index is 258. The van der Waals surface area contributed by atoms with Gasteiger partial charge in [0.25, 0.3) is 0 Å². The normalized spacial score (nSPS) is 11.7. The third-order valence-electron chi connectivity index (χ3n) is 2.08. The second-order valence-electron chi connectivity index (χ2n) is 3.86. The number of hydrogen-bond donors (Lipinski definition) is 1. The highest BCUT2D eigenvalue weighted by Gasteiger charge is 2.12. The van der Waals surface area contributed by atoms with Crippen LogP contribution in [-0.4, -0.2) is 6.67 Å². The molecule has 2 N–H and O–H groups in total. The van der Waals surface area contributed by atoms with E-state index in [9.17, 15) is 4.39 Å². The predicted molar refractivity (Wildman–Crippen MR) is 53.3 cm³/mol. The zero-order valence-corrected chi connectivity index (χ0v) is 8.18. The molecule has 0 amide bonds. The Morgan fingerprint density at radius 1 is 1.23 bits per heavy atom. The lowest BCUT2D eigenvalue weighted by atomic mass is 9.94. The van der Waals surface area contributed by atoms with Crippen molar-refractivity contribution in [2.24, 2.45) is 5.73 Å². The molecule has 0 aliphatic rings. The molecule has 0 unspecified atom stereocenters. The van der Waals surface area contributed by atoms with Gasteiger partial charge >= 0.3 is 0 Å². The van der Waals surface area contributed by atoms with E-state index in [2.05, 4.69) is 0 Å². The van der Waals surface area contributed by atoms with Crippen LogP contribution in [0.15, 0.2) is 24.3 Å². The summed E-state index contributed by atoms with van der Waals surface area (Å²) in [7, 11) is 0. The second kappa shape index (κ2) is 3.88. The lowest BCUT2D eigenvalue weighted by Crippen LogP contribution is -2.28. The maximum atomic E-state index is 12.0. The standard InChI is InChI=1S/C11H16FN/c1-11(2,13)10-5-3-9(4-6-10)7-8-12/h3-6H,7-8,13H2,1-2H3. The van der Waals surface area contributed by atoms with Gasteiger partial charge in [-0.2, -0.15) is 0 Å². The van der Waals surface area contributed by atoms with Crippen LogP contribution in [0.1, 0.15) is 25.0 Å². The minimum absolute atomic E-state index is 0.300. The smallest absolute Gasteiger partial charge is 0.0934 e. The van der Waals surface area contributed by atoms with Crippen molar-refractivity contribution in [2.75, 3.05) is 6.67 Å². The van der Waals surface area contributed by atoms with Gasteiger partial charge in [0.15, 0.2) is 0 Å². The molecule has 0 radical (unpaired) electrons. The maximum Gasteiger partial charge on any atom is 0.0934 e. The molecule has 0 saturated carbocycles. The average Bonchev–Trinajstić information content (AvgIpc) is 2.04. The van der Waals surface area contributed by atoms with E-state index in [0.717, 1.165) is 11.1 Å². The van der Waals surface area contributed by atoms with E-state index in [1.807, 2.05) is 38.1 Å². The molecule has 0 aliphatic heterocycles. The molecule has 1 aromatic rings. The van der Waals surface area contributed by atoms with E-state index >= 15 is 0 Å². The summed E-state index contributed by atoms with van der Waals surface area (Å²) in [5, 5.41) is 0. The molecule has 0 spiro atoms. The monoisotopic (exact) mass is 181 g/mol. The highest BCUT2D eigenvalue weighted by Crippen LogP contribution is 2.17. The molecule has 13 heavy (non-hydrogen) atoms. The van der Waals surface area contributed by atoms with Gasteiger partial charge in [0.1, 0.15) is 0 Å². The van der Waals surface area contributed by atoms with Crippen LogP contribution in [0.25, 0.3) is 0 Å². The Kier molecular flexibility index (Phi) is 3.04. The molecule has 0 aromatic heterocycles. The summed E-state index contributed by atoms with van der Waals surface area (Å²) in [5.74, 6) is 0. The Morgan fingerprint density at radius 2 is 1.77 bits per heavy atom. The number of alkyl halides is 1. The molecule has 0 saturated heterocycles. The minimum atomic E-state index is -0.311. The zero-order valence-electron chi connectivity index (χ0n) is 8.18. The topological polar surface area (TPSA) is 26.0 Å². The lowest BCUT2D eigenvalue weighted by molar-refractivity contribution is 0.495. The molecule has 0 bridgehead atoms. The first-order valence-electron chi connectivity index (χ1n) is 4.48. The highest BCUT2D eigenvalue weighted by atomic mass is 19.1. The van der Waals surface area contributed by atoms with Crippen LogP contribution >= 0.6 is 0 Å². The Labute approximate surface area is 78.8 Å². The Morgan fingerprint density at radius 3 is 2.15 bits per heavy atom. The van der Waals surface area contributed by atoms with Gasteiger partial charge in [-0.25, -0.2) is 0 Å². The van der Waals surface area contributed by atoms with Gasteiger partial charge in [0.2, 0.25) is 0 Å². The van der Waals surface area contributed by atoms with E-state index < -0.39 is 0 Å². The lowest BCUT2D eigenvalue weighted by Gasteiger charge is -2.19. The van der Waals surface area contributed by atoms with Crippen molar-refractivity contribution in [2.45, 2.75) is 25.8 Å². The molecule has 72 valence electrons. The van der Waals surface area contributed by atoms with Crippen LogP contribution < -0.4 is 5.73 Å². The molecule has 0 heterocycles. The van der Waals surface area contributed by atoms with Crippen LogP contribution in [0.2, 0.25) is 0 Å². The van der Waals surface area contributed by atoms with Crippen molar-refractivity contribution >= 4 is 0 Å². The van der Waals surface area contributed by atoms with Crippen molar-refractivity contribution in [3.05, 3.63) is 35.4 Å². The molecular weight excluding hydrogens is 165 g/mol. The molecular formula is C11H16FN. The number of hydrogen-bond acceptors (Lipinski definition) is 1. The highest BCUT2D eigenvalue weighted by molar-refractivity contribution is 5.27. The van der Waals surface area contributed by atoms with Crippen molar-refractivity contribution in [1.82, 2.24) is 0 Å². The van der Waals surface area contributed by atoms with E-state index in [4.69, 9.17) is 5.73 Å². The van der Waals surface area contributed by atoms with Gasteiger partial charge in [0.05, 0.1) is 6.67 Å². The van der Waals surface area contributed by atoms with Crippen molar-refractivity contribution in [3.8, 4) is 0 Å². The number of aryl methyl sites for hydroxylation is 1. The number of nitrogens with two attached hydrogens (primary N) is 1. The largest absolute Gasteiger partial charge is 0.322 e. The molecule has 0 aliphatic carbocycles. The first kappa shape index (κ1) is 10.2. The van der Waals surface area contributed by atoms with Crippen LogP contribution in [0, 0.1) is 0 Å². The molecule has 1 nitrogen and oxygen atoms in total. The summed E-state index contributed by atoms with van der Waals surface area (Å²) >= 11 is 0. The average molecular weight is 181 g/mol. The molecule has 2 heteroatoms. The van der Waals surface area contributed by atoms with Gasteiger partial charge in [-0.15, -0.1) is 0 Å². The summed E-state index contributed by atoms with van der Waals surface area (Å²) in [5.41, 5.74) is 7.70. The van der Waals surface area contributed by atoms with Crippen LogP contribution in [-0.2, 0) is 12.0 Å². The van der Waals surface area contributed by atoms with Crippen molar-refractivity contribution < 1.29 is 4.39 Å². The predicted octanol–water partition coefficient (Wildman–Crippen LogP) is 2.39. The summed E-state index contributed by atoms with van der Waals surface area (Å²) in [4.78, 5) is 0. The fourth-order valence-corrected chi connectivity index (χ4v) is 1.21. The van der Waals surface area contributed by atoms with Crippen LogP contribution in [0.5, 0.6) is 0 Å². The SMILES string of the molecule is CC(C)(N)c1ccc(CCF)cc1. The van der Waals surface area contributed by atoms with Crippen molar-refractivity contribution in [3.63, 3.8) is 0 Å². The molecule has 0 fully saturated rings. The summed E-state index contributed by atoms with van der Waals surface area (Å²) < 4.78 is 12.0. The zero-order chi connectivity index (χ0) is 9.90. The van der Waals surface area contributed by atoms with E-state index in [1.54, 1.807) is 0 Å². The van der Waals surface area contributed by atoms with Gasteiger partial charge in [-0.3, -0.25) is 4.39 Å². The van der Waals surface area contributed by atoms with Gasteiger partial charge in [0, 0.05) is 12.0 Å². The van der Waals surface area contributed by atoms with E-state index in [-0.39, 0.29) is 12.2 Å². The first-order valence-corrected chi connectivity index (χ1v) is 4.48. The third kappa shape index (κ3) is 2.81. The summed E-state index contributed by atoms with van der Waals surface area (Å²) in [6, 6.07) is 7.79. The second-order valence-corrected chi connectivity index (χ2v) is 3.86. The number of rotatable bonds is 3. The van der Waals surface area contributed by atoms with Crippen LogP contribution in [0.3, 0.4) is 0 Å². The minimum Gasteiger partial charge on any atom is -0.322 e. The Hall–Kier alpha value is -0.890. The summed E-state index contributed by atoms with van der Waals surface area (Å²) in [6.45, 7) is 3.61. The molecule has 1 rings (SSSR count). The van der Waals surface area contributed by atoms with E-state index in [0.29, 0.717) is 6.42 Å². The maximum absolute atomic E-state index is 12.0.